The third-order valence-electron chi connectivity index (χ3n) is 1.85. The second-order valence-corrected chi connectivity index (χ2v) is 3.84. The smallest absolute Gasteiger partial charge is 0.182 e. The summed E-state index contributed by atoms with van der Waals surface area (Å²) >= 11 is 6.35. The Hall–Kier alpha value is -0.670. The first-order valence-electron chi connectivity index (χ1n) is 3.65. The van der Waals surface area contributed by atoms with Crippen molar-refractivity contribution in [3.8, 4) is 0 Å². The van der Waals surface area contributed by atoms with E-state index in [4.69, 9.17) is 11.6 Å². The summed E-state index contributed by atoms with van der Waals surface area (Å²) in [5.41, 5.74) is 0.390. The Morgan fingerprint density at radius 2 is 2.08 bits per heavy atom. The number of alkyl halides is 1. The number of thiophene rings is 1. The molecule has 0 nitrogen and oxygen atoms in total. The monoisotopic (exact) mass is 218 g/mol. The van der Waals surface area contributed by atoms with Crippen LogP contribution in [0.3, 0.4) is 0 Å². The summed E-state index contributed by atoms with van der Waals surface area (Å²) in [6.45, 7) is 0. The van der Waals surface area contributed by atoms with E-state index in [0.29, 0.717) is 15.6 Å². The van der Waals surface area contributed by atoms with Crippen molar-refractivity contribution in [2.75, 3.05) is 0 Å². The second kappa shape index (κ2) is 3.24. The molecule has 1 aromatic heterocycles. The number of rotatable bonds is 1. The minimum Gasteiger partial charge on any atom is -0.205 e. The van der Waals surface area contributed by atoms with Crippen LogP contribution in [0.1, 0.15) is 5.56 Å². The van der Waals surface area contributed by atoms with E-state index in [1.54, 1.807) is 12.1 Å². The molecule has 0 atom stereocenters. The van der Waals surface area contributed by atoms with Crippen molar-refractivity contribution in [1.82, 2.24) is 0 Å². The lowest BCUT2D eigenvalue weighted by atomic mass is 10.2. The van der Waals surface area contributed by atoms with E-state index in [-0.39, 0.29) is 5.88 Å². The van der Waals surface area contributed by atoms with E-state index in [1.165, 1.54) is 6.07 Å². The summed E-state index contributed by atoms with van der Waals surface area (Å²) in [4.78, 5) is 0. The molecule has 1 aromatic carbocycles. The first-order valence-corrected chi connectivity index (χ1v) is 5.00. The van der Waals surface area contributed by atoms with Gasteiger partial charge in [0.2, 0.25) is 0 Å². The van der Waals surface area contributed by atoms with Crippen LogP contribution in [0.4, 0.5) is 8.78 Å². The molecule has 1 heterocycles. The Labute approximate surface area is 82.8 Å². The number of fused-ring (bicyclic) bond motifs is 1. The van der Waals surface area contributed by atoms with E-state index in [9.17, 15) is 8.78 Å². The fourth-order valence-corrected chi connectivity index (χ4v) is 2.52. The Balaban J connectivity index is 2.86. The van der Waals surface area contributed by atoms with Gasteiger partial charge in [0.15, 0.2) is 5.13 Å². The number of hydrogen-bond acceptors (Lipinski definition) is 1. The second-order valence-electron chi connectivity index (χ2n) is 2.60. The zero-order valence-corrected chi connectivity index (χ0v) is 8.05. The Morgan fingerprint density at radius 1 is 1.31 bits per heavy atom. The molecular formula is C9H5ClF2S. The normalized spacial score (nSPS) is 11.0. The highest BCUT2D eigenvalue weighted by Crippen LogP contribution is 2.32. The highest BCUT2D eigenvalue weighted by Gasteiger charge is 2.13. The molecule has 0 aliphatic rings. The van der Waals surface area contributed by atoms with Gasteiger partial charge in [-0.05, 0) is 6.07 Å². The number of benzene rings is 1. The molecule has 0 unspecified atom stereocenters. The van der Waals surface area contributed by atoms with Crippen LogP contribution in [-0.2, 0) is 5.88 Å². The van der Waals surface area contributed by atoms with Crippen molar-refractivity contribution in [3.05, 3.63) is 34.7 Å². The van der Waals surface area contributed by atoms with Crippen LogP contribution in [0.15, 0.2) is 18.2 Å². The molecular weight excluding hydrogens is 214 g/mol. The van der Waals surface area contributed by atoms with Gasteiger partial charge in [0.05, 0.1) is 10.6 Å². The van der Waals surface area contributed by atoms with Gasteiger partial charge in [-0.1, -0.05) is 12.1 Å². The van der Waals surface area contributed by atoms with Gasteiger partial charge in [0, 0.05) is 10.9 Å². The zero-order valence-electron chi connectivity index (χ0n) is 6.48. The minimum atomic E-state index is -0.393. The predicted molar refractivity (Wildman–Crippen MR) is 51.3 cm³/mol. The molecule has 0 saturated heterocycles. The largest absolute Gasteiger partial charge is 0.205 e. The Morgan fingerprint density at radius 3 is 2.77 bits per heavy atom. The average Bonchev–Trinajstić information content (AvgIpc) is 2.43. The van der Waals surface area contributed by atoms with Crippen LogP contribution in [0.25, 0.3) is 10.1 Å². The first kappa shape index (κ1) is 8.91. The molecule has 4 heteroatoms. The van der Waals surface area contributed by atoms with Crippen LogP contribution in [0, 0.1) is 10.9 Å². The minimum absolute atomic E-state index is 0.0787. The molecule has 13 heavy (non-hydrogen) atoms. The van der Waals surface area contributed by atoms with E-state index >= 15 is 0 Å². The molecule has 0 spiro atoms. The molecule has 0 aliphatic carbocycles. The molecule has 0 radical (unpaired) electrons. The summed E-state index contributed by atoms with van der Waals surface area (Å²) in [6.07, 6.45) is 0. The van der Waals surface area contributed by atoms with Crippen molar-refractivity contribution >= 4 is 33.0 Å². The highest BCUT2D eigenvalue weighted by atomic mass is 35.5. The maximum atomic E-state index is 13.2. The van der Waals surface area contributed by atoms with Crippen molar-refractivity contribution in [2.45, 2.75) is 5.88 Å². The third-order valence-corrected chi connectivity index (χ3v) is 3.17. The molecule has 68 valence electrons. The summed E-state index contributed by atoms with van der Waals surface area (Å²) in [5, 5.41) is 0.188. The zero-order chi connectivity index (χ0) is 9.42. The van der Waals surface area contributed by atoms with Crippen molar-refractivity contribution in [2.24, 2.45) is 0 Å². The van der Waals surface area contributed by atoms with Crippen LogP contribution >= 0.6 is 22.9 Å². The van der Waals surface area contributed by atoms with Gasteiger partial charge in [0.25, 0.3) is 0 Å². The van der Waals surface area contributed by atoms with Crippen molar-refractivity contribution < 1.29 is 8.78 Å². The third kappa shape index (κ3) is 1.32. The fourth-order valence-electron chi connectivity index (χ4n) is 1.23. The van der Waals surface area contributed by atoms with Gasteiger partial charge in [-0.2, -0.15) is 4.39 Å². The standard InChI is InChI=1S/C9H5ClF2S/c10-4-6-5-2-1-3-7(11)8(5)13-9(6)12/h1-3H,4H2. The van der Waals surface area contributed by atoms with Crippen LogP contribution in [-0.4, -0.2) is 0 Å². The first-order chi connectivity index (χ1) is 6.24. The summed E-state index contributed by atoms with van der Waals surface area (Å²) in [6, 6.07) is 4.55. The molecule has 0 amide bonds. The van der Waals surface area contributed by atoms with Gasteiger partial charge in [0.1, 0.15) is 5.82 Å². The van der Waals surface area contributed by atoms with Gasteiger partial charge in [-0.3, -0.25) is 0 Å². The van der Waals surface area contributed by atoms with Gasteiger partial charge >= 0.3 is 0 Å². The van der Waals surface area contributed by atoms with Gasteiger partial charge in [-0.15, -0.1) is 22.9 Å². The topological polar surface area (TPSA) is 0 Å². The summed E-state index contributed by atoms with van der Waals surface area (Å²) in [7, 11) is 0. The number of hydrogen-bond donors (Lipinski definition) is 0. The Bertz CT molecular complexity index is 450. The quantitative estimate of drug-likeness (QED) is 0.637. The lowest BCUT2D eigenvalue weighted by molar-refractivity contribution is 0.641. The average molecular weight is 219 g/mol. The van der Waals surface area contributed by atoms with Crippen molar-refractivity contribution in [1.29, 1.82) is 0 Å². The van der Waals surface area contributed by atoms with Gasteiger partial charge in [-0.25, -0.2) is 4.39 Å². The predicted octanol–water partition coefficient (Wildman–Crippen LogP) is 3.92. The molecule has 0 fully saturated rings. The maximum absolute atomic E-state index is 13.2. The lowest BCUT2D eigenvalue weighted by Crippen LogP contribution is -1.78. The molecule has 0 bridgehead atoms. The van der Waals surface area contributed by atoms with Crippen LogP contribution in [0.5, 0.6) is 0 Å². The van der Waals surface area contributed by atoms with E-state index in [1.807, 2.05) is 0 Å². The number of halogens is 3. The maximum Gasteiger partial charge on any atom is 0.182 e. The fraction of sp³-hybridized carbons (Fsp3) is 0.111. The van der Waals surface area contributed by atoms with E-state index < -0.39 is 10.9 Å². The van der Waals surface area contributed by atoms with Crippen molar-refractivity contribution in [3.63, 3.8) is 0 Å². The molecule has 2 rings (SSSR count). The molecule has 0 aliphatic heterocycles. The Kier molecular flexibility index (Phi) is 2.22. The highest BCUT2D eigenvalue weighted by molar-refractivity contribution is 7.17. The van der Waals surface area contributed by atoms with Gasteiger partial charge < -0.3 is 0 Å². The van der Waals surface area contributed by atoms with Crippen LogP contribution < -0.4 is 0 Å². The molecule has 0 N–H and O–H groups in total. The molecule has 2 aromatic rings. The van der Waals surface area contributed by atoms with Crippen LogP contribution in [0.2, 0.25) is 0 Å². The van der Waals surface area contributed by atoms with E-state index in [2.05, 4.69) is 0 Å². The summed E-state index contributed by atoms with van der Waals surface area (Å²) in [5.74, 6) is -0.312. The molecule has 0 saturated carbocycles. The summed E-state index contributed by atoms with van der Waals surface area (Å²) < 4.78 is 26.6. The van der Waals surface area contributed by atoms with E-state index in [0.717, 1.165) is 11.3 Å². The SMILES string of the molecule is Fc1sc2c(F)cccc2c1CCl. The lowest BCUT2D eigenvalue weighted by Gasteiger charge is -1.92.